The highest BCUT2D eigenvalue weighted by molar-refractivity contribution is 7.15. The molecule has 1 unspecified atom stereocenters. The van der Waals surface area contributed by atoms with Gasteiger partial charge in [-0.2, -0.15) is 4.68 Å². The number of carbonyl (C=O) groups excluding carboxylic acids is 1. The number of ether oxygens (including phenoxy) is 1. The fraction of sp³-hybridized carbons (Fsp3) is 0.538. The topological polar surface area (TPSA) is 69.9 Å². The summed E-state index contributed by atoms with van der Waals surface area (Å²) >= 11 is 1.60. The molecule has 1 aliphatic carbocycles. The largest absolute Gasteiger partial charge is 0.462 e. The summed E-state index contributed by atoms with van der Waals surface area (Å²) in [4.78, 5) is 13.5. The van der Waals surface area contributed by atoms with Crippen molar-refractivity contribution in [3.05, 3.63) is 22.3 Å². The van der Waals surface area contributed by atoms with Crippen LogP contribution in [0.15, 0.2) is 6.33 Å². The van der Waals surface area contributed by atoms with Gasteiger partial charge in [-0.15, -0.1) is 16.4 Å². The molecule has 0 aromatic carbocycles. The van der Waals surface area contributed by atoms with Crippen LogP contribution in [0.25, 0.3) is 5.00 Å². The first-order chi connectivity index (χ1) is 9.70. The van der Waals surface area contributed by atoms with Crippen LogP contribution >= 0.6 is 11.3 Å². The van der Waals surface area contributed by atoms with Gasteiger partial charge in [-0.05, 0) is 48.1 Å². The van der Waals surface area contributed by atoms with Crippen LogP contribution in [0.2, 0.25) is 0 Å². The summed E-state index contributed by atoms with van der Waals surface area (Å²) in [6.45, 7) is 4.42. The molecule has 106 valence electrons. The van der Waals surface area contributed by atoms with Crippen LogP contribution in [-0.2, 0) is 17.6 Å². The van der Waals surface area contributed by atoms with E-state index in [1.165, 1.54) is 11.2 Å². The summed E-state index contributed by atoms with van der Waals surface area (Å²) in [6.07, 6.45) is 4.55. The van der Waals surface area contributed by atoms with Gasteiger partial charge in [0, 0.05) is 4.88 Å². The number of tetrazole rings is 1. The van der Waals surface area contributed by atoms with Crippen molar-refractivity contribution in [3.63, 3.8) is 0 Å². The molecule has 3 rings (SSSR count). The minimum Gasteiger partial charge on any atom is -0.462 e. The van der Waals surface area contributed by atoms with Crippen molar-refractivity contribution >= 4 is 17.3 Å². The van der Waals surface area contributed by atoms with Gasteiger partial charge in [0.1, 0.15) is 11.3 Å². The number of hydrogen-bond donors (Lipinski definition) is 0. The standard InChI is InChI=1S/C13H16N4O2S/c1-3-19-13(18)11-9-5-4-8(2)6-10(9)20-12(11)17-7-14-15-16-17/h7-8H,3-6H2,1-2H3. The van der Waals surface area contributed by atoms with Crippen molar-refractivity contribution in [1.82, 2.24) is 20.2 Å². The van der Waals surface area contributed by atoms with Gasteiger partial charge in [0.15, 0.2) is 0 Å². The first-order valence-corrected chi connectivity index (χ1v) is 7.57. The van der Waals surface area contributed by atoms with Crippen molar-refractivity contribution in [3.8, 4) is 5.00 Å². The number of thiophene rings is 1. The predicted octanol–water partition coefficient (Wildman–Crippen LogP) is 2.03. The molecule has 1 atom stereocenters. The highest BCUT2D eigenvalue weighted by atomic mass is 32.1. The number of esters is 1. The first-order valence-electron chi connectivity index (χ1n) is 6.75. The maximum atomic E-state index is 12.3. The van der Waals surface area contributed by atoms with E-state index in [9.17, 15) is 4.79 Å². The van der Waals surface area contributed by atoms with Crippen LogP contribution in [0, 0.1) is 5.92 Å². The highest BCUT2D eigenvalue weighted by Gasteiger charge is 2.29. The molecule has 6 nitrogen and oxygen atoms in total. The molecular formula is C13H16N4O2S. The molecule has 2 aromatic heterocycles. The molecule has 1 aliphatic rings. The lowest BCUT2D eigenvalue weighted by Crippen LogP contribution is -2.14. The Bertz CT molecular complexity index is 621. The van der Waals surface area contributed by atoms with Crippen LogP contribution in [0.1, 0.15) is 41.1 Å². The van der Waals surface area contributed by atoms with Crippen molar-refractivity contribution in [2.24, 2.45) is 5.92 Å². The molecule has 0 saturated heterocycles. The molecule has 0 spiro atoms. The van der Waals surface area contributed by atoms with E-state index < -0.39 is 0 Å². The Kier molecular flexibility index (Phi) is 3.52. The second-order valence-corrected chi connectivity index (χ2v) is 6.09. The Labute approximate surface area is 120 Å². The van der Waals surface area contributed by atoms with Gasteiger partial charge in [-0.1, -0.05) is 6.92 Å². The lowest BCUT2D eigenvalue weighted by molar-refractivity contribution is 0.0525. The zero-order valence-electron chi connectivity index (χ0n) is 11.5. The molecule has 2 heterocycles. The Morgan fingerprint density at radius 3 is 3.15 bits per heavy atom. The fourth-order valence-electron chi connectivity index (χ4n) is 2.57. The first kappa shape index (κ1) is 13.2. The Hall–Kier alpha value is -1.76. The van der Waals surface area contributed by atoms with E-state index in [4.69, 9.17) is 4.74 Å². The van der Waals surface area contributed by atoms with E-state index in [0.29, 0.717) is 18.1 Å². The summed E-state index contributed by atoms with van der Waals surface area (Å²) in [6, 6.07) is 0. The number of aromatic nitrogens is 4. The van der Waals surface area contributed by atoms with Gasteiger partial charge in [0.05, 0.1) is 12.2 Å². The summed E-state index contributed by atoms with van der Waals surface area (Å²) in [5.41, 5.74) is 1.77. The van der Waals surface area contributed by atoms with Crippen molar-refractivity contribution in [2.75, 3.05) is 6.61 Å². The molecular weight excluding hydrogens is 276 g/mol. The summed E-state index contributed by atoms with van der Waals surface area (Å²) in [5, 5.41) is 12.0. The lowest BCUT2D eigenvalue weighted by atomic mass is 9.88. The molecule has 0 bridgehead atoms. The highest BCUT2D eigenvalue weighted by Crippen LogP contribution is 2.38. The van der Waals surface area contributed by atoms with Crippen LogP contribution in [0.3, 0.4) is 0 Å². The molecule has 7 heteroatoms. The second kappa shape index (κ2) is 5.32. The predicted molar refractivity (Wildman–Crippen MR) is 74.2 cm³/mol. The molecule has 20 heavy (non-hydrogen) atoms. The van der Waals surface area contributed by atoms with Gasteiger partial charge >= 0.3 is 5.97 Å². The van der Waals surface area contributed by atoms with Gasteiger partial charge in [-0.25, -0.2) is 4.79 Å². The third-order valence-electron chi connectivity index (χ3n) is 3.53. The van der Waals surface area contributed by atoms with Gasteiger partial charge in [0.25, 0.3) is 0 Å². The quantitative estimate of drug-likeness (QED) is 0.809. The van der Waals surface area contributed by atoms with Gasteiger partial charge in [0.2, 0.25) is 0 Å². The Balaban J connectivity index is 2.11. The Morgan fingerprint density at radius 2 is 2.45 bits per heavy atom. The van der Waals surface area contributed by atoms with E-state index in [2.05, 4.69) is 22.4 Å². The molecule has 2 aromatic rings. The van der Waals surface area contributed by atoms with Crippen LogP contribution in [0.5, 0.6) is 0 Å². The lowest BCUT2D eigenvalue weighted by Gasteiger charge is -2.18. The van der Waals surface area contributed by atoms with E-state index >= 15 is 0 Å². The molecule has 0 amide bonds. The van der Waals surface area contributed by atoms with Crippen LogP contribution < -0.4 is 0 Å². The third-order valence-corrected chi connectivity index (χ3v) is 4.77. The van der Waals surface area contributed by atoms with Crippen molar-refractivity contribution in [2.45, 2.75) is 33.1 Å². The summed E-state index contributed by atoms with van der Waals surface area (Å²) < 4.78 is 6.76. The third kappa shape index (κ3) is 2.22. The van der Waals surface area contributed by atoms with Gasteiger partial charge < -0.3 is 4.74 Å². The smallest absolute Gasteiger partial charge is 0.341 e. The van der Waals surface area contributed by atoms with E-state index in [1.54, 1.807) is 16.0 Å². The van der Waals surface area contributed by atoms with Crippen molar-refractivity contribution in [1.29, 1.82) is 0 Å². The van der Waals surface area contributed by atoms with Crippen LogP contribution in [-0.4, -0.2) is 32.8 Å². The zero-order chi connectivity index (χ0) is 14.1. The minimum absolute atomic E-state index is 0.273. The maximum Gasteiger partial charge on any atom is 0.341 e. The second-order valence-electron chi connectivity index (χ2n) is 5.01. The SMILES string of the molecule is CCOC(=O)c1c(-n2cnnn2)sc2c1CCC(C)C2. The number of hydrogen-bond acceptors (Lipinski definition) is 6. The number of nitrogens with zero attached hydrogens (tertiary/aromatic N) is 4. The van der Waals surface area contributed by atoms with Crippen molar-refractivity contribution < 1.29 is 9.53 Å². The van der Waals surface area contributed by atoms with E-state index in [-0.39, 0.29) is 5.97 Å². The van der Waals surface area contributed by atoms with Gasteiger partial charge in [-0.3, -0.25) is 0 Å². The monoisotopic (exact) mass is 292 g/mol. The van der Waals surface area contributed by atoms with E-state index in [0.717, 1.165) is 29.8 Å². The molecule has 0 N–H and O–H groups in total. The van der Waals surface area contributed by atoms with E-state index in [1.807, 2.05) is 6.92 Å². The molecule has 0 radical (unpaired) electrons. The number of rotatable bonds is 3. The maximum absolute atomic E-state index is 12.3. The molecule has 0 saturated carbocycles. The average Bonchev–Trinajstić information content (AvgIpc) is 3.04. The number of carbonyl (C=O) groups is 1. The normalized spacial score (nSPS) is 17.8. The average molecular weight is 292 g/mol. The molecule has 0 fully saturated rings. The summed E-state index contributed by atoms with van der Waals surface area (Å²) in [5.74, 6) is 0.378. The number of fused-ring (bicyclic) bond motifs is 1. The van der Waals surface area contributed by atoms with Crippen LogP contribution in [0.4, 0.5) is 0 Å². The minimum atomic E-state index is -0.273. The zero-order valence-corrected chi connectivity index (χ0v) is 12.3. The molecule has 0 aliphatic heterocycles. The summed E-state index contributed by atoms with van der Waals surface area (Å²) in [7, 11) is 0. The fourth-order valence-corrected chi connectivity index (χ4v) is 3.98. The Morgan fingerprint density at radius 1 is 1.60 bits per heavy atom.